The summed E-state index contributed by atoms with van der Waals surface area (Å²) in [7, 11) is -2.68. The summed E-state index contributed by atoms with van der Waals surface area (Å²) >= 11 is 0. The van der Waals surface area contributed by atoms with E-state index in [2.05, 4.69) is 0 Å². The number of rotatable bonds is 3. The first-order valence-electron chi connectivity index (χ1n) is 2.65. The Labute approximate surface area is 53.9 Å². The molecule has 0 heterocycles. The molecular formula is C4H11FNO2P. The van der Waals surface area contributed by atoms with Crippen LogP contribution in [0.4, 0.5) is 4.39 Å². The highest BCUT2D eigenvalue weighted by atomic mass is 31.1. The van der Waals surface area contributed by atoms with Crippen molar-refractivity contribution in [1.29, 1.82) is 0 Å². The van der Waals surface area contributed by atoms with E-state index in [9.17, 15) is 8.96 Å². The maximum atomic E-state index is 12.3. The first kappa shape index (κ1) is 9.08. The molecule has 3 N–H and O–H groups in total. The van der Waals surface area contributed by atoms with Crippen LogP contribution in [0.25, 0.3) is 0 Å². The van der Waals surface area contributed by atoms with Gasteiger partial charge in [0.25, 0.3) is 0 Å². The minimum Gasteiger partial charge on any atom is -0.346 e. The lowest BCUT2D eigenvalue weighted by Crippen LogP contribution is -2.29. The predicted octanol–water partition coefficient (Wildman–Crippen LogP) is 0.139. The van der Waals surface area contributed by atoms with Gasteiger partial charge in [0.2, 0.25) is 0 Å². The average Bonchev–Trinajstić information content (AvgIpc) is 1.63. The number of hydrogen-bond donors (Lipinski definition) is 2. The first-order chi connectivity index (χ1) is 4.04. The molecule has 0 amide bonds. The number of alkyl halides is 1. The van der Waals surface area contributed by atoms with Gasteiger partial charge >= 0.3 is 0 Å². The second-order valence-electron chi connectivity index (χ2n) is 1.97. The van der Waals surface area contributed by atoms with Crippen LogP contribution < -0.4 is 5.73 Å². The van der Waals surface area contributed by atoms with E-state index in [0.29, 0.717) is 0 Å². The van der Waals surface area contributed by atoms with Crippen molar-refractivity contribution in [2.24, 2.45) is 5.73 Å². The van der Waals surface area contributed by atoms with Crippen molar-refractivity contribution >= 4 is 8.03 Å². The van der Waals surface area contributed by atoms with E-state index in [0.717, 1.165) is 0 Å². The topological polar surface area (TPSA) is 63.3 Å². The van der Waals surface area contributed by atoms with Gasteiger partial charge in [-0.1, -0.05) is 0 Å². The highest BCUT2D eigenvalue weighted by molar-refractivity contribution is 7.38. The summed E-state index contributed by atoms with van der Waals surface area (Å²) in [6, 6.07) is -0.647. The quantitative estimate of drug-likeness (QED) is 0.570. The van der Waals surface area contributed by atoms with Gasteiger partial charge in [-0.2, -0.15) is 0 Å². The summed E-state index contributed by atoms with van der Waals surface area (Å²) < 4.78 is 22.3. The zero-order valence-corrected chi connectivity index (χ0v) is 6.17. The molecular weight excluding hydrogens is 144 g/mol. The van der Waals surface area contributed by atoms with Crippen molar-refractivity contribution in [2.45, 2.75) is 19.1 Å². The maximum Gasteiger partial charge on any atom is 0.192 e. The lowest BCUT2D eigenvalue weighted by atomic mass is 10.2. The van der Waals surface area contributed by atoms with E-state index in [1.54, 1.807) is 0 Å². The molecule has 0 aliphatic rings. The standard InChI is InChI=1S/C4H11FNO2P/c1-3(6)4(5)2-9(7)8/h3-4,9H,2,6H2,1H3,(H,7,8). The third-order valence-electron chi connectivity index (χ3n) is 0.940. The van der Waals surface area contributed by atoms with Crippen LogP contribution >= 0.6 is 8.03 Å². The molecule has 0 radical (unpaired) electrons. The molecule has 9 heavy (non-hydrogen) atoms. The molecule has 3 unspecified atom stereocenters. The normalized spacial score (nSPS) is 20.9. The van der Waals surface area contributed by atoms with Gasteiger partial charge in [0.15, 0.2) is 8.03 Å². The average molecular weight is 155 g/mol. The molecule has 0 aliphatic carbocycles. The van der Waals surface area contributed by atoms with Crippen LogP contribution in [0.1, 0.15) is 6.92 Å². The SMILES string of the molecule is CC(N)C(F)C[PH](=O)O. The Hall–Kier alpha value is 0.0800. The van der Waals surface area contributed by atoms with Gasteiger partial charge in [0, 0.05) is 6.04 Å². The molecule has 0 spiro atoms. The summed E-state index contributed by atoms with van der Waals surface area (Å²) in [6.07, 6.45) is -1.66. The van der Waals surface area contributed by atoms with Crippen LogP contribution in [0.15, 0.2) is 0 Å². The number of nitrogens with two attached hydrogens (primary N) is 1. The van der Waals surface area contributed by atoms with E-state index in [1.165, 1.54) is 6.92 Å². The van der Waals surface area contributed by atoms with Gasteiger partial charge in [0.05, 0.1) is 6.16 Å². The van der Waals surface area contributed by atoms with Crippen LogP contribution in [0.3, 0.4) is 0 Å². The number of hydrogen-bond acceptors (Lipinski definition) is 2. The monoisotopic (exact) mass is 155 g/mol. The molecule has 0 saturated carbocycles. The minimum atomic E-state index is -2.68. The lowest BCUT2D eigenvalue weighted by Gasteiger charge is -2.08. The predicted molar refractivity (Wildman–Crippen MR) is 34.6 cm³/mol. The molecule has 0 saturated heterocycles. The fourth-order valence-electron chi connectivity index (χ4n) is 0.353. The third kappa shape index (κ3) is 4.58. The van der Waals surface area contributed by atoms with Crippen molar-refractivity contribution in [3.8, 4) is 0 Å². The van der Waals surface area contributed by atoms with Crippen LogP contribution in [-0.4, -0.2) is 23.3 Å². The Balaban J connectivity index is 3.50. The zero-order chi connectivity index (χ0) is 7.44. The summed E-state index contributed by atoms with van der Waals surface area (Å²) in [5.74, 6) is 0. The molecule has 3 atom stereocenters. The maximum absolute atomic E-state index is 12.3. The summed E-state index contributed by atoms with van der Waals surface area (Å²) in [6.45, 7) is 1.47. The lowest BCUT2D eigenvalue weighted by molar-refractivity contribution is 0.315. The summed E-state index contributed by atoms with van der Waals surface area (Å²) in [5.41, 5.74) is 5.08. The molecule has 3 nitrogen and oxygen atoms in total. The molecule has 0 rings (SSSR count). The Kier molecular flexibility index (Phi) is 4.02. The third-order valence-corrected chi connectivity index (χ3v) is 1.68. The van der Waals surface area contributed by atoms with Crippen LogP contribution in [-0.2, 0) is 4.57 Å². The molecule has 56 valence electrons. The Bertz CT molecular complexity index is 109. The van der Waals surface area contributed by atoms with Gasteiger partial charge < -0.3 is 10.6 Å². The summed E-state index contributed by atoms with van der Waals surface area (Å²) in [5, 5.41) is 0. The molecule has 0 aromatic heterocycles. The van der Waals surface area contributed by atoms with Crippen molar-refractivity contribution < 1.29 is 13.8 Å². The van der Waals surface area contributed by atoms with Gasteiger partial charge in [-0.25, -0.2) is 4.39 Å². The Morgan fingerprint density at radius 1 is 1.89 bits per heavy atom. The van der Waals surface area contributed by atoms with Crippen molar-refractivity contribution in [3.05, 3.63) is 0 Å². The van der Waals surface area contributed by atoms with E-state index < -0.39 is 20.2 Å². The molecule has 0 aliphatic heterocycles. The number of halogens is 1. The van der Waals surface area contributed by atoms with Crippen LogP contribution in [0, 0.1) is 0 Å². The Morgan fingerprint density at radius 2 is 2.33 bits per heavy atom. The smallest absolute Gasteiger partial charge is 0.192 e. The second-order valence-corrected chi connectivity index (χ2v) is 3.17. The zero-order valence-electron chi connectivity index (χ0n) is 5.17. The van der Waals surface area contributed by atoms with Crippen molar-refractivity contribution in [2.75, 3.05) is 6.16 Å². The van der Waals surface area contributed by atoms with Crippen LogP contribution in [0.5, 0.6) is 0 Å². The first-order valence-corrected chi connectivity index (χ1v) is 4.21. The fraction of sp³-hybridized carbons (Fsp3) is 1.00. The molecule has 0 aromatic rings. The van der Waals surface area contributed by atoms with Crippen LogP contribution in [0.2, 0.25) is 0 Å². The summed E-state index contributed by atoms with van der Waals surface area (Å²) in [4.78, 5) is 8.22. The molecule has 0 fully saturated rings. The van der Waals surface area contributed by atoms with Gasteiger partial charge in [-0.3, -0.25) is 4.57 Å². The van der Waals surface area contributed by atoms with E-state index in [1.807, 2.05) is 0 Å². The van der Waals surface area contributed by atoms with Crippen molar-refractivity contribution in [3.63, 3.8) is 0 Å². The highest BCUT2D eigenvalue weighted by Crippen LogP contribution is 2.16. The molecule has 5 heteroatoms. The van der Waals surface area contributed by atoms with Gasteiger partial charge in [-0.15, -0.1) is 0 Å². The van der Waals surface area contributed by atoms with Gasteiger partial charge in [-0.05, 0) is 6.92 Å². The minimum absolute atomic E-state index is 0.317. The van der Waals surface area contributed by atoms with E-state index in [4.69, 9.17) is 10.6 Å². The largest absolute Gasteiger partial charge is 0.346 e. The molecule has 0 bridgehead atoms. The second kappa shape index (κ2) is 3.99. The highest BCUT2D eigenvalue weighted by Gasteiger charge is 2.13. The molecule has 0 aromatic carbocycles. The van der Waals surface area contributed by atoms with E-state index >= 15 is 0 Å². The Morgan fingerprint density at radius 3 is 2.44 bits per heavy atom. The van der Waals surface area contributed by atoms with E-state index in [-0.39, 0.29) is 6.16 Å². The fourth-order valence-corrected chi connectivity index (χ4v) is 1.06. The van der Waals surface area contributed by atoms with Gasteiger partial charge in [0.1, 0.15) is 6.17 Å². The van der Waals surface area contributed by atoms with Crippen molar-refractivity contribution in [1.82, 2.24) is 0 Å².